The summed E-state index contributed by atoms with van der Waals surface area (Å²) < 4.78 is 5.42. The first-order valence-corrected chi connectivity index (χ1v) is 6.17. The van der Waals surface area contributed by atoms with Crippen LogP contribution in [0.25, 0.3) is 10.4 Å². The Balaban J connectivity index is 2.38. The molecule has 8 heteroatoms. The molecule has 0 aliphatic heterocycles. The van der Waals surface area contributed by atoms with E-state index in [1.807, 2.05) is 0 Å². The number of hydrogen-bond acceptors (Lipinski definition) is 4. The van der Waals surface area contributed by atoms with Crippen LogP contribution in [0.1, 0.15) is 28.4 Å². The second kappa shape index (κ2) is 6.83. The van der Waals surface area contributed by atoms with Crippen molar-refractivity contribution < 1.29 is 14.7 Å². The molecule has 2 aromatic rings. The van der Waals surface area contributed by atoms with Gasteiger partial charge in [0, 0.05) is 27.7 Å². The summed E-state index contributed by atoms with van der Waals surface area (Å²) in [7, 11) is 0. The SMILES string of the molecule is CC#Cc1cccc(C(=O)N=[N+]=[N-])c1COc1ccn(O)n1. The Morgan fingerprint density at radius 2 is 2.36 bits per heavy atom. The van der Waals surface area contributed by atoms with E-state index in [1.54, 1.807) is 19.1 Å². The van der Waals surface area contributed by atoms with Gasteiger partial charge in [-0.25, -0.2) is 0 Å². The Labute approximate surface area is 125 Å². The third-order valence-corrected chi connectivity index (χ3v) is 2.72. The summed E-state index contributed by atoms with van der Waals surface area (Å²) >= 11 is 0. The van der Waals surface area contributed by atoms with E-state index in [0.29, 0.717) is 16.0 Å². The zero-order valence-electron chi connectivity index (χ0n) is 11.6. The highest BCUT2D eigenvalue weighted by Crippen LogP contribution is 2.18. The minimum absolute atomic E-state index is 0.0100. The number of hydrogen-bond donors (Lipinski definition) is 1. The molecule has 0 radical (unpaired) electrons. The Morgan fingerprint density at radius 3 is 3.00 bits per heavy atom. The summed E-state index contributed by atoms with van der Waals surface area (Å²) in [6.07, 6.45) is 1.30. The lowest BCUT2D eigenvalue weighted by atomic mass is 10.0. The molecule has 1 amide bonds. The molecule has 0 spiro atoms. The molecule has 0 aliphatic carbocycles. The highest BCUT2D eigenvalue weighted by molar-refractivity contribution is 5.96. The Kier molecular flexibility index (Phi) is 4.65. The number of amides is 1. The molecule has 22 heavy (non-hydrogen) atoms. The molecule has 0 unspecified atom stereocenters. The van der Waals surface area contributed by atoms with Gasteiger partial charge in [-0.2, -0.15) is 0 Å². The number of carbonyl (C=O) groups excluding carboxylic acids is 1. The van der Waals surface area contributed by atoms with E-state index in [9.17, 15) is 4.79 Å². The molecule has 0 saturated heterocycles. The Morgan fingerprint density at radius 1 is 1.55 bits per heavy atom. The van der Waals surface area contributed by atoms with Crippen LogP contribution in [0.3, 0.4) is 0 Å². The zero-order valence-corrected chi connectivity index (χ0v) is 11.6. The van der Waals surface area contributed by atoms with Gasteiger partial charge in [0.05, 0.1) is 6.20 Å². The fraction of sp³-hybridized carbons (Fsp3) is 0.143. The van der Waals surface area contributed by atoms with E-state index in [2.05, 4.69) is 27.0 Å². The third kappa shape index (κ3) is 3.36. The van der Waals surface area contributed by atoms with Crippen molar-refractivity contribution >= 4 is 5.91 Å². The molecule has 2 rings (SSSR count). The number of aromatic nitrogens is 2. The number of azide groups is 1. The summed E-state index contributed by atoms with van der Waals surface area (Å²) in [5, 5.41) is 15.8. The van der Waals surface area contributed by atoms with E-state index in [-0.39, 0.29) is 18.1 Å². The summed E-state index contributed by atoms with van der Waals surface area (Å²) in [6.45, 7) is 1.66. The maximum atomic E-state index is 11.9. The van der Waals surface area contributed by atoms with Gasteiger partial charge in [0.15, 0.2) is 0 Å². The lowest BCUT2D eigenvalue weighted by molar-refractivity contribution is 0.0997. The van der Waals surface area contributed by atoms with Crippen molar-refractivity contribution in [3.8, 4) is 17.7 Å². The average Bonchev–Trinajstić information content (AvgIpc) is 2.92. The second-order valence-corrected chi connectivity index (χ2v) is 4.06. The second-order valence-electron chi connectivity index (χ2n) is 4.06. The number of ether oxygens (including phenoxy) is 1. The van der Waals surface area contributed by atoms with Crippen molar-refractivity contribution in [3.63, 3.8) is 0 Å². The van der Waals surface area contributed by atoms with Gasteiger partial charge in [0.1, 0.15) is 6.61 Å². The number of carbonyl (C=O) groups is 1. The minimum atomic E-state index is -0.714. The van der Waals surface area contributed by atoms with Crippen LogP contribution in [0.15, 0.2) is 35.6 Å². The van der Waals surface area contributed by atoms with Crippen LogP contribution in [0, 0.1) is 11.8 Å². The maximum Gasteiger partial charge on any atom is 0.249 e. The summed E-state index contributed by atoms with van der Waals surface area (Å²) in [5.41, 5.74) is 9.70. The van der Waals surface area contributed by atoms with Gasteiger partial charge < -0.3 is 9.94 Å². The molecule has 1 aromatic carbocycles. The molecule has 8 nitrogen and oxygen atoms in total. The molecule has 1 aromatic heterocycles. The summed E-state index contributed by atoms with van der Waals surface area (Å²) in [5.74, 6) is 5.08. The molecule has 1 heterocycles. The number of benzene rings is 1. The summed E-state index contributed by atoms with van der Waals surface area (Å²) in [4.78, 5) is 15.0. The van der Waals surface area contributed by atoms with Crippen LogP contribution in [-0.2, 0) is 6.61 Å². The Hall–Kier alpha value is -3.43. The monoisotopic (exact) mass is 297 g/mol. The van der Waals surface area contributed by atoms with Crippen LogP contribution in [0.2, 0.25) is 0 Å². The highest BCUT2D eigenvalue weighted by Gasteiger charge is 2.14. The van der Waals surface area contributed by atoms with Gasteiger partial charge in [0.25, 0.3) is 0 Å². The molecule has 110 valence electrons. The van der Waals surface area contributed by atoms with Crippen LogP contribution in [0.5, 0.6) is 5.88 Å². The van der Waals surface area contributed by atoms with Crippen molar-refractivity contribution in [2.75, 3.05) is 0 Å². The van der Waals surface area contributed by atoms with Gasteiger partial charge in [0.2, 0.25) is 11.8 Å². The molecule has 0 saturated carbocycles. The lowest BCUT2D eigenvalue weighted by Crippen LogP contribution is -2.07. The minimum Gasteiger partial charge on any atom is -0.472 e. The fourth-order valence-electron chi connectivity index (χ4n) is 1.81. The van der Waals surface area contributed by atoms with Crippen molar-refractivity contribution in [2.24, 2.45) is 5.11 Å². The first-order chi connectivity index (χ1) is 10.7. The Bertz CT molecular complexity index is 809. The fourth-order valence-corrected chi connectivity index (χ4v) is 1.81. The lowest BCUT2D eigenvalue weighted by Gasteiger charge is -2.09. The average molecular weight is 297 g/mol. The van der Waals surface area contributed by atoms with Crippen LogP contribution < -0.4 is 4.74 Å². The van der Waals surface area contributed by atoms with E-state index in [4.69, 9.17) is 15.5 Å². The predicted molar refractivity (Wildman–Crippen MR) is 76.2 cm³/mol. The van der Waals surface area contributed by atoms with Crippen molar-refractivity contribution in [1.29, 1.82) is 0 Å². The first-order valence-electron chi connectivity index (χ1n) is 6.17. The number of nitrogens with zero attached hydrogens (tertiary/aromatic N) is 5. The molecule has 0 bridgehead atoms. The smallest absolute Gasteiger partial charge is 0.249 e. The first kappa shape index (κ1) is 15.0. The van der Waals surface area contributed by atoms with Crippen LogP contribution in [-0.4, -0.2) is 21.1 Å². The topological polar surface area (TPSA) is 113 Å². The van der Waals surface area contributed by atoms with Crippen LogP contribution in [0.4, 0.5) is 0 Å². The highest BCUT2D eigenvalue weighted by atomic mass is 16.5. The van der Waals surface area contributed by atoms with Crippen molar-refractivity contribution in [1.82, 2.24) is 9.94 Å². The van der Waals surface area contributed by atoms with Gasteiger partial charge in [-0.15, -0.1) is 10.8 Å². The molecular weight excluding hydrogens is 286 g/mol. The quantitative estimate of drug-likeness (QED) is 0.307. The standard InChI is InChI=1S/C14H11N5O3/c1-2-4-10-5-3-6-11(14(20)16-18-15)12(10)9-22-13-7-8-19(21)17-13/h3,5-8,21H,9H2,1H3. The predicted octanol–water partition coefficient (Wildman–Crippen LogP) is 2.52. The largest absolute Gasteiger partial charge is 0.472 e. The zero-order chi connectivity index (χ0) is 15.9. The normalized spacial score (nSPS) is 9.32. The van der Waals surface area contributed by atoms with Gasteiger partial charge in [-0.05, 0) is 23.6 Å². The van der Waals surface area contributed by atoms with E-state index in [0.717, 1.165) is 0 Å². The molecular formula is C14H11N5O3. The van der Waals surface area contributed by atoms with Gasteiger partial charge in [-0.3, -0.25) is 4.79 Å². The molecule has 0 aliphatic rings. The van der Waals surface area contributed by atoms with Gasteiger partial charge in [-0.1, -0.05) is 23.2 Å². The number of rotatable bonds is 4. The van der Waals surface area contributed by atoms with E-state index in [1.165, 1.54) is 18.3 Å². The van der Waals surface area contributed by atoms with E-state index >= 15 is 0 Å². The maximum absolute atomic E-state index is 11.9. The molecule has 0 atom stereocenters. The van der Waals surface area contributed by atoms with Crippen molar-refractivity contribution in [3.05, 3.63) is 57.6 Å². The van der Waals surface area contributed by atoms with Gasteiger partial charge >= 0.3 is 0 Å². The summed E-state index contributed by atoms with van der Waals surface area (Å²) in [6, 6.07) is 6.36. The van der Waals surface area contributed by atoms with Crippen LogP contribution >= 0.6 is 0 Å². The van der Waals surface area contributed by atoms with Crippen molar-refractivity contribution in [2.45, 2.75) is 13.5 Å². The third-order valence-electron chi connectivity index (χ3n) is 2.72. The molecule has 1 N–H and O–H groups in total. The molecule has 0 fully saturated rings. The van der Waals surface area contributed by atoms with E-state index < -0.39 is 5.91 Å².